The maximum atomic E-state index is 10.1. The maximum Gasteiger partial charge on any atom is 2.00 e. The summed E-state index contributed by atoms with van der Waals surface area (Å²) >= 11 is 0. The van der Waals surface area contributed by atoms with Crippen LogP contribution in [0.1, 0.15) is 20.7 Å². The van der Waals surface area contributed by atoms with Crippen molar-refractivity contribution in [2.45, 2.75) is 0 Å². The van der Waals surface area contributed by atoms with Gasteiger partial charge in [0.15, 0.2) is 0 Å². The third-order valence-electron chi connectivity index (χ3n) is 1.83. The van der Waals surface area contributed by atoms with Gasteiger partial charge in [-0.2, -0.15) is 0 Å². The second kappa shape index (κ2) is 9.70. The Morgan fingerprint density at radius 3 is 1.16 bits per heavy atom. The van der Waals surface area contributed by atoms with Crippen molar-refractivity contribution in [3.8, 4) is 0 Å². The molecule has 19 heavy (non-hydrogen) atoms. The average molecular weight is 382 g/mol. The van der Waals surface area contributed by atoms with E-state index in [2.05, 4.69) is 9.97 Å². The minimum Gasteiger partial charge on any atom is -0.545 e. The number of aromatic carboxylic acids is 2. The molecule has 0 aliphatic rings. The van der Waals surface area contributed by atoms with Crippen LogP contribution in [0.4, 0.5) is 0 Å². The summed E-state index contributed by atoms with van der Waals surface area (Å²) < 4.78 is 0. The first-order valence-electron chi connectivity index (χ1n) is 4.84. The number of nitrogens with zero attached hydrogens (tertiary/aromatic N) is 2. The van der Waals surface area contributed by atoms with Crippen molar-refractivity contribution in [2.75, 3.05) is 0 Å². The van der Waals surface area contributed by atoms with Gasteiger partial charge >= 0.3 is 48.9 Å². The van der Waals surface area contributed by atoms with Crippen LogP contribution in [0.5, 0.6) is 0 Å². The Morgan fingerprint density at radius 1 is 0.737 bits per heavy atom. The predicted octanol–water partition coefficient (Wildman–Crippen LogP) is -1.49. The summed E-state index contributed by atoms with van der Waals surface area (Å²) in [4.78, 5) is 27.4. The van der Waals surface area contributed by atoms with Gasteiger partial charge in [-0.3, -0.25) is 9.97 Å². The van der Waals surface area contributed by atoms with Gasteiger partial charge < -0.3 is 19.8 Å². The maximum absolute atomic E-state index is 10.1. The van der Waals surface area contributed by atoms with Gasteiger partial charge in [-0.05, 0) is 24.3 Å². The van der Waals surface area contributed by atoms with Gasteiger partial charge in [0, 0.05) is 35.9 Å². The molecule has 0 aromatic carbocycles. The Labute approximate surface area is 149 Å². The Kier molecular flexibility index (Phi) is 9.10. The van der Waals surface area contributed by atoms with Crippen LogP contribution in [-0.2, 0) is 0 Å². The summed E-state index contributed by atoms with van der Waals surface area (Å²) in [6.07, 6.45) is 5.63. The largest absolute Gasteiger partial charge is 2.00 e. The monoisotopic (exact) mass is 382 g/mol. The second-order valence-electron chi connectivity index (χ2n) is 3.05. The van der Waals surface area contributed by atoms with Crippen LogP contribution >= 0.6 is 0 Å². The molecule has 0 aliphatic carbocycles. The molecule has 0 saturated carbocycles. The molecule has 0 N–H and O–H groups in total. The second-order valence-corrected chi connectivity index (χ2v) is 3.05. The molecule has 0 unspecified atom stereocenters. The summed E-state index contributed by atoms with van der Waals surface area (Å²) in [7, 11) is 0. The molecule has 0 spiro atoms. The van der Waals surface area contributed by atoms with E-state index in [1.807, 2.05) is 0 Å². The molecule has 0 bridgehead atoms. The molecule has 0 aliphatic heterocycles. The van der Waals surface area contributed by atoms with Gasteiger partial charge in [0.05, 0.1) is 11.9 Å². The number of pyridine rings is 2. The zero-order valence-corrected chi connectivity index (χ0v) is 14.3. The quantitative estimate of drug-likeness (QED) is 0.587. The van der Waals surface area contributed by atoms with E-state index < -0.39 is 11.9 Å². The van der Waals surface area contributed by atoms with Gasteiger partial charge in [-0.25, -0.2) is 0 Å². The first kappa shape index (κ1) is 17.8. The molecule has 2 heterocycles. The Morgan fingerprint density at radius 2 is 1.00 bits per heavy atom. The summed E-state index contributed by atoms with van der Waals surface area (Å²) in [5, 5.41) is 20.1. The molecule has 0 saturated heterocycles. The van der Waals surface area contributed by atoms with E-state index in [4.69, 9.17) is 0 Å². The van der Waals surface area contributed by atoms with Crippen LogP contribution in [0.3, 0.4) is 0 Å². The van der Waals surface area contributed by atoms with E-state index >= 15 is 0 Å². The van der Waals surface area contributed by atoms with Crippen LogP contribution in [0.25, 0.3) is 0 Å². The van der Waals surface area contributed by atoms with Crippen molar-refractivity contribution in [1.82, 2.24) is 9.97 Å². The molecule has 2 aromatic rings. The van der Waals surface area contributed by atoms with Gasteiger partial charge in [-0.1, -0.05) is 0 Å². The standard InChI is InChI=1S/2C6H5NO2.Ba/c2*8-6(9)5-1-3-7-4-2-5;/h2*1-4H,(H,8,9);/q;;+2/p-2. The molecular weight excluding hydrogens is 373 g/mol. The van der Waals surface area contributed by atoms with Crippen molar-refractivity contribution < 1.29 is 19.8 Å². The summed E-state index contributed by atoms with van der Waals surface area (Å²) in [6, 6.07) is 5.54. The normalized spacial score (nSPS) is 8.42. The molecule has 2 rings (SSSR count). The van der Waals surface area contributed by atoms with Gasteiger partial charge in [0.25, 0.3) is 0 Å². The van der Waals surface area contributed by atoms with E-state index in [1.165, 1.54) is 49.1 Å². The molecule has 0 atom stereocenters. The van der Waals surface area contributed by atoms with Crippen LogP contribution in [0.15, 0.2) is 49.1 Å². The zero-order chi connectivity index (χ0) is 13.4. The van der Waals surface area contributed by atoms with Crippen LogP contribution < -0.4 is 10.2 Å². The molecule has 92 valence electrons. The molecule has 6 nitrogen and oxygen atoms in total. The summed E-state index contributed by atoms with van der Waals surface area (Å²) in [5.41, 5.74) is 0.315. The van der Waals surface area contributed by atoms with Crippen molar-refractivity contribution in [1.29, 1.82) is 0 Å². The van der Waals surface area contributed by atoms with E-state index in [1.54, 1.807) is 0 Å². The topological polar surface area (TPSA) is 106 Å². The van der Waals surface area contributed by atoms with Crippen molar-refractivity contribution in [2.24, 2.45) is 0 Å². The van der Waals surface area contributed by atoms with Crippen molar-refractivity contribution >= 4 is 60.8 Å². The minimum atomic E-state index is -1.17. The Hall–Kier alpha value is -1.19. The van der Waals surface area contributed by atoms with E-state index in [9.17, 15) is 19.8 Å². The van der Waals surface area contributed by atoms with E-state index in [-0.39, 0.29) is 60.0 Å². The summed E-state index contributed by atoms with van der Waals surface area (Å²) in [6.45, 7) is 0. The predicted molar refractivity (Wildman–Crippen MR) is 62.9 cm³/mol. The molecule has 0 amide bonds. The fourth-order valence-electron chi connectivity index (χ4n) is 0.976. The fraction of sp³-hybridized carbons (Fsp3) is 0. The van der Waals surface area contributed by atoms with Crippen LogP contribution in [0, 0.1) is 0 Å². The van der Waals surface area contributed by atoms with E-state index in [0.717, 1.165) is 0 Å². The SMILES string of the molecule is O=C([O-])c1ccncc1.O=C([O-])c1ccncc1.[Ba+2]. The molecule has 7 heteroatoms. The first-order chi connectivity index (χ1) is 8.61. The van der Waals surface area contributed by atoms with E-state index in [0.29, 0.717) is 0 Å². The Balaban J connectivity index is 0.000000324. The van der Waals surface area contributed by atoms with Crippen LogP contribution in [0.2, 0.25) is 0 Å². The van der Waals surface area contributed by atoms with Gasteiger partial charge in [0.1, 0.15) is 0 Å². The van der Waals surface area contributed by atoms with Gasteiger partial charge in [-0.15, -0.1) is 0 Å². The first-order valence-corrected chi connectivity index (χ1v) is 4.84. The average Bonchev–Trinajstić information content (AvgIpc) is 2.41. The zero-order valence-electron chi connectivity index (χ0n) is 9.85. The van der Waals surface area contributed by atoms with Crippen molar-refractivity contribution in [3.63, 3.8) is 0 Å². The number of carbonyl (C=O) groups is 2. The van der Waals surface area contributed by atoms with Crippen molar-refractivity contribution in [3.05, 3.63) is 60.2 Å². The molecule has 0 fully saturated rings. The number of aromatic nitrogens is 2. The third-order valence-corrected chi connectivity index (χ3v) is 1.83. The van der Waals surface area contributed by atoms with Crippen LogP contribution in [-0.4, -0.2) is 70.8 Å². The number of hydrogen-bond donors (Lipinski definition) is 0. The molecule has 0 radical (unpaired) electrons. The smallest absolute Gasteiger partial charge is 0.545 e. The number of carboxylic acid groups (broad SMARTS) is 2. The Bertz CT molecular complexity index is 470. The number of carbonyl (C=O) groups excluding carboxylic acids is 2. The van der Waals surface area contributed by atoms with Gasteiger partial charge in [0.2, 0.25) is 0 Å². The number of rotatable bonds is 2. The minimum absolute atomic E-state index is 0. The third kappa shape index (κ3) is 7.09. The number of hydrogen-bond acceptors (Lipinski definition) is 6. The number of carboxylic acids is 2. The molecular formula is C12H8BaN2O4. The fourth-order valence-corrected chi connectivity index (χ4v) is 0.976. The molecule has 2 aromatic heterocycles. The summed E-state index contributed by atoms with van der Waals surface area (Å²) in [5.74, 6) is -2.34.